The largest absolute Gasteiger partial charge is 0.493 e. The summed E-state index contributed by atoms with van der Waals surface area (Å²) in [5, 5.41) is 5.57. The van der Waals surface area contributed by atoms with Crippen molar-refractivity contribution in [1.29, 1.82) is 0 Å². The first-order chi connectivity index (χ1) is 14.5. The maximum atomic E-state index is 13.1. The number of amides is 2. The maximum absolute atomic E-state index is 13.1. The van der Waals surface area contributed by atoms with Crippen LogP contribution in [-0.4, -0.2) is 26.0 Å². The normalized spacial score (nSPS) is 12.2. The molecular weight excluding hydrogens is 387 g/mol. The fourth-order valence-corrected chi connectivity index (χ4v) is 3.60. The molecule has 30 heavy (non-hydrogen) atoms. The van der Waals surface area contributed by atoms with Crippen LogP contribution in [-0.2, 0) is 6.54 Å². The molecule has 0 bridgehead atoms. The zero-order valence-electron chi connectivity index (χ0n) is 16.4. The lowest BCUT2D eigenvalue weighted by Gasteiger charge is -2.16. The molecule has 4 rings (SSSR count). The number of rotatable bonds is 5. The standard InChI is InChI=1S/C23H19FN2O4/c1-29-19-5-3-4-16(21(19)30-2)15-10-11-18(20-17(15)12-25-23(20)28)26-22(27)13-6-8-14(24)9-7-13/h3-11H,12H2,1-2H3,(H,25,28)(H,26,27). The van der Waals surface area contributed by atoms with Gasteiger partial charge in [0.1, 0.15) is 5.82 Å². The Morgan fingerprint density at radius 1 is 1.00 bits per heavy atom. The van der Waals surface area contributed by atoms with Gasteiger partial charge >= 0.3 is 0 Å². The molecule has 1 aliphatic rings. The third kappa shape index (κ3) is 3.34. The van der Waals surface area contributed by atoms with Gasteiger partial charge in [-0.1, -0.05) is 18.2 Å². The monoisotopic (exact) mass is 406 g/mol. The first-order valence-corrected chi connectivity index (χ1v) is 9.26. The lowest BCUT2D eigenvalue weighted by atomic mass is 9.94. The molecule has 0 atom stereocenters. The molecule has 3 aromatic carbocycles. The Morgan fingerprint density at radius 2 is 1.77 bits per heavy atom. The average Bonchev–Trinajstić information content (AvgIpc) is 3.16. The highest BCUT2D eigenvalue weighted by Crippen LogP contribution is 2.42. The predicted octanol–water partition coefficient (Wildman–Crippen LogP) is 4.01. The fourth-order valence-electron chi connectivity index (χ4n) is 3.60. The van der Waals surface area contributed by atoms with Crippen molar-refractivity contribution in [3.05, 3.63) is 77.1 Å². The number of fused-ring (bicyclic) bond motifs is 1. The number of nitrogens with one attached hydrogen (secondary N) is 2. The number of halogens is 1. The second-order valence-corrected chi connectivity index (χ2v) is 6.70. The Kier molecular flexibility index (Phi) is 5.10. The summed E-state index contributed by atoms with van der Waals surface area (Å²) in [6.45, 7) is 0.324. The third-order valence-electron chi connectivity index (χ3n) is 5.01. The zero-order chi connectivity index (χ0) is 21.3. The second kappa shape index (κ2) is 7.87. The van der Waals surface area contributed by atoms with E-state index in [9.17, 15) is 14.0 Å². The van der Waals surface area contributed by atoms with Crippen molar-refractivity contribution >= 4 is 17.5 Å². The van der Waals surface area contributed by atoms with E-state index in [-0.39, 0.29) is 5.91 Å². The van der Waals surface area contributed by atoms with Crippen LogP contribution in [0.5, 0.6) is 11.5 Å². The summed E-state index contributed by atoms with van der Waals surface area (Å²) >= 11 is 0. The summed E-state index contributed by atoms with van der Waals surface area (Å²) in [5.41, 5.74) is 3.42. The van der Waals surface area contributed by atoms with Crippen molar-refractivity contribution in [3.63, 3.8) is 0 Å². The summed E-state index contributed by atoms with van der Waals surface area (Å²) in [6, 6.07) is 14.2. The lowest BCUT2D eigenvalue weighted by Crippen LogP contribution is -2.17. The van der Waals surface area contributed by atoms with E-state index in [0.717, 1.165) is 16.7 Å². The van der Waals surface area contributed by atoms with Gasteiger partial charge in [-0.25, -0.2) is 4.39 Å². The molecule has 0 saturated carbocycles. The Morgan fingerprint density at radius 3 is 2.47 bits per heavy atom. The molecule has 0 fully saturated rings. The summed E-state index contributed by atoms with van der Waals surface area (Å²) in [6.07, 6.45) is 0. The molecule has 2 amide bonds. The summed E-state index contributed by atoms with van der Waals surface area (Å²) in [4.78, 5) is 25.1. The Labute approximate surface area is 172 Å². The fraction of sp³-hybridized carbons (Fsp3) is 0.130. The number of methoxy groups -OCH3 is 2. The van der Waals surface area contributed by atoms with Gasteiger partial charge < -0.3 is 20.1 Å². The zero-order valence-corrected chi connectivity index (χ0v) is 16.4. The van der Waals surface area contributed by atoms with E-state index in [4.69, 9.17) is 9.47 Å². The van der Waals surface area contributed by atoms with E-state index in [1.54, 1.807) is 26.4 Å². The van der Waals surface area contributed by atoms with Crippen LogP contribution < -0.4 is 20.1 Å². The van der Waals surface area contributed by atoms with Crippen LogP contribution in [0.3, 0.4) is 0 Å². The van der Waals surface area contributed by atoms with Gasteiger partial charge in [-0.3, -0.25) is 9.59 Å². The highest BCUT2D eigenvalue weighted by molar-refractivity contribution is 6.11. The Bertz CT molecular complexity index is 1140. The third-order valence-corrected chi connectivity index (χ3v) is 5.01. The SMILES string of the molecule is COc1cccc(-c2ccc(NC(=O)c3ccc(F)cc3)c3c2CNC3=O)c1OC. The molecule has 0 unspecified atom stereocenters. The number of carbonyl (C=O) groups excluding carboxylic acids is 2. The molecule has 152 valence electrons. The number of carbonyl (C=O) groups is 2. The minimum Gasteiger partial charge on any atom is -0.493 e. The predicted molar refractivity (Wildman–Crippen MR) is 111 cm³/mol. The molecule has 1 aliphatic heterocycles. The lowest BCUT2D eigenvalue weighted by molar-refractivity contribution is 0.0966. The van der Waals surface area contributed by atoms with Crippen molar-refractivity contribution < 1.29 is 23.5 Å². The van der Waals surface area contributed by atoms with Crippen LogP contribution in [0.4, 0.5) is 10.1 Å². The minimum absolute atomic E-state index is 0.275. The molecule has 7 heteroatoms. The number of ether oxygens (including phenoxy) is 2. The van der Waals surface area contributed by atoms with Crippen LogP contribution in [0, 0.1) is 5.82 Å². The van der Waals surface area contributed by atoms with Crippen molar-refractivity contribution in [1.82, 2.24) is 5.32 Å². The number of anilines is 1. The molecule has 3 aromatic rings. The van der Waals surface area contributed by atoms with E-state index in [0.29, 0.717) is 34.9 Å². The second-order valence-electron chi connectivity index (χ2n) is 6.70. The number of benzene rings is 3. The molecule has 0 spiro atoms. The van der Waals surface area contributed by atoms with Crippen LogP contribution in [0.25, 0.3) is 11.1 Å². The maximum Gasteiger partial charge on any atom is 0.255 e. The van der Waals surface area contributed by atoms with Gasteiger partial charge in [-0.05, 0) is 47.5 Å². The van der Waals surface area contributed by atoms with Gasteiger partial charge in [0.05, 0.1) is 25.5 Å². The van der Waals surface area contributed by atoms with E-state index in [2.05, 4.69) is 10.6 Å². The van der Waals surface area contributed by atoms with Gasteiger partial charge in [0.15, 0.2) is 11.5 Å². The van der Waals surface area contributed by atoms with Gasteiger partial charge in [0, 0.05) is 17.7 Å². The van der Waals surface area contributed by atoms with E-state index in [1.807, 2.05) is 18.2 Å². The van der Waals surface area contributed by atoms with Crippen molar-refractivity contribution in [2.24, 2.45) is 0 Å². The van der Waals surface area contributed by atoms with Gasteiger partial charge in [0.2, 0.25) is 0 Å². The molecular formula is C23H19FN2O4. The van der Waals surface area contributed by atoms with Crippen molar-refractivity contribution in [2.45, 2.75) is 6.54 Å². The van der Waals surface area contributed by atoms with E-state index < -0.39 is 11.7 Å². The topological polar surface area (TPSA) is 76.7 Å². The number of hydrogen-bond donors (Lipinski definition) is 2. The van der Waals surface area contributed by atoms with Crippen LogP contribution >= 0.6 is 0 Å². The first-order valence-electron chi connectivity index (χ1n) is 9.26. The van der Waals surface area contributed by atoms with Gasteiger partial charge in [0.25, 0.3) is 11.8 Å². The summed E-state index contributed by atoms with van der Waals surface area (Å²) in [5.74, 6) is 0.00880. The van der Waals surface area contributed by atoms with E-state index >= 15 is 0 Å². The Balaban J connectivity index is 1.77. The Hall–Kier alpha value is -3.87. The van der Waals surface area contributed by atoms with Gasteiger partial charge in [-0.2, -0.15) is 0 Å². The molecule has 0 radical (unpaired) electrons. The van der Waals surface area contributed by atoms with Crippen LogP contribution in [0.1, 0.15) is 26.3 Å². The van der Waals surface area contributed by atoms with Crippen LogP contribution in [0.2, 0.25) is 0 Å². The minimum atomic E-state index is -0.427. The van der Waals surface area contributed by atoms with E-state index in [1.165, 1.54) is 24.3 Å². The molecule has 0 aromatic heterocycles. The van der Waals surface area contributed by atoms with Crippen molar-refractivity contribution in [3.8, 4) is 22.6 Å². The highest BCUT2D eigenvalue weighted by Gasteiger charge is 2.28. The molecule has 0 aliphatic carbocycles. The summed E-state index contributed by atoms with van der Waals surface area (Å²) in [7, 11) is 3.12. The molecule has 0 saturated heterocycles. The first kappa shape index (κ1) is 19.4. The molecule has 6 nitrogen and oxygen atoms in total. The smallest absolute Gasteiger partial charge is 0.255 e. The summed E-state index contributed by atoms with van der Waals surface area (Å²) < 4.78 is 24.0. The number of para-hydroxylation sites is 1. The quantitative estimate of drug-likeness (QED) is 0.671. The average molecular weight is 406 g/mol. The van der Waals surface area contributed by atoms with Crippen LogP contribution in [0.15, 0.2) is 54.6 Å². The highest BCUT2D eigenvalue weighted by atomic mass is 19.1. The number of hydrogen-bond acceptors (Lipinski definition) is 4. The van der Waals surface area contributed by atoms with Gasteiger partial charge in [-0.15, -0.1) is 0 Å². The molecule has 2 N–H and O–H groups in total. The van der Waals surface area contributed by atoms with Crippen molar-refractivity contribution in [2.75, 3.05) is 19.5 Å². The molecule has 1 heterocycles.